The number of carbonyl (C=O) groups excluding carboxylic acids is 2. The van der Waals surface area contributed by atoms with Gasteiger partial charge in [-0.05, 0) is 36.8 Å². The molecule has 0 spiro atoms. The van der Waals surface area contributed by atoms with Gasteiger partial charge in [0.2, 0.25) is 0 Å². The minimum atomic E-state index is -0.784. The van der Waals surface area contributed by atoms with Crippen LogP contribution < -0.4 is 16.1 Å². The highest BCUT2D eigenvalue weighted by Crippen LogP contribution is 2.10. The van der Waals surface area contributed by atoms with Crippen LogP contribution in [-0.4, -0.2) is 26.6 Å². The van der Waals surface area contributed by atoms with Crippen molar-refractivity contribution in [2.45, 2.75) is 6.92 Å². The van der Waals surface area contributed by atoms with E-state index in [1.807, 2.05) is 0 Å². The number of phenols is 1. The zero-order valence-corrected chi connectivity index (χ0v) is 13.1. The molecule has 0 aliphatic carbocycles. The van der Waals surface area contributed by atoms with Crippen molar-refractivity contribution in [2.24, 2.45) is 0 Å². The van der Waals surface area contributed by atoms with Crippen LogP contribution in [0.3, 0.4) is 0 Å². The van der Waals surface area contributed by atoms with Gasteiger partial charge in [-0.1, -0.05) is 31.4 Å². The Labute approximate surface area is 137 Å². The van der Waals surface area contributed by atoms with Crippen LogP contribution in [0.2, 0.25) is 0 Å². The lowest BCUT2D eigenvalue weighted by Crippen LogP contribution is -2.36. The highest BCUT2D eigenvalue weighted by molar-refractivity contribution is 6.19. The summed E-state index contributed by atoms with van der Waals surface area (Å²) in [6, 6.07) is 6.29. The normalized spacial score (nSPS) is 12.2. The number of aromatic nitrogens is 2. The van der Waals surface area contributed by atoms with Crippen molar-refractivity contribution in [1.29, 1.82) is 0 Å². The lowest BCUT2D eigenvalue weighted by atomic mass is 10.1. The van der Waals surface area contributed by atoms with Gasteiger partial charge in [0.05, 0.1) is 16.1 Å². The molecule has 0 unspecified atom stereocenters. The van der Waals surface area contributed by atoms with E-state index >= 15 is 0 Å². The molecule has 0 radical (unpaired) electrons. The molecule has 6 heteroatoms. The number of hydrogen-bond acceptors (Lipinski definition) is 4. The molecular formula is C18H16N2O4. The Morgan fingerprint density at radius 1 is 1.33 bits per heavy atom. The Morgan fingerprint density at radius 3 is 2.62 bits per heavy atom. The van der Waals surface area contributed by atoms with Crippen molar-refractivity contribution < 1.29 is 14.7 Å². The molecule has 1 aromatic carbocycles. The molecule has 2 N–H and O–H groups in total. The third-order valence-corrected chi connectivity index (χ3v) is 3.28. The number of rotatable bonds is 4. The number of aromatic hydroxyl groups is 1. The summed E-state index contributed by atoms with van der Waals surface area (Å²) in [5, 5.41) is 12.4. The number of nitrogens with one attached hydrogen (secondary N) is 1. The first kappa shape index (κ1) is 17.0. The van der Waals surface area contributed by atoms with Crippen molar-refractivity contribution in [3.05, 3.63) is 75.1 Å². The Morgan fingerprint density at radius 2 is 2.04 bits per heavy atom. The standard InChI is InChI=1S/C18H16N2O4/c1-4-6-15(12(3)21)17(23)20-18(24)16(11(2)19-20)10-13-7-5-8-14(22)9-13/h4-10,19,22H,1-2H2,3H3. The van der Waals surface area contributed by atoms with Gasteiger partial charge in [-0.3, -0.25) is 19.5 Å². The fraction of sp³-hybridized carbons (Fsp3) is 0.0556. The first-order chi connectivity index (χ1) is 11.3. The summed E-state index contributed by atoms with van der Waals surface area (Å²) in [4.78, 5) is 36.4. The van der Waals surface area contributed by atoms with E-state index in [0.717, 1.165) is 4.68 Å². The van der Waals surface area contributed by atoms with Crippen LogP contribution in [0.1, 0.15) is 17.3 Å². The third-order valence-electron chi connectivity index (χ3n) is 3.28. The summed E-state index contributed by atoms with van der Waals surface area (Å²) in [5.74, 6) is -1.22. The lowest BCUT2D eigenvalue weighted by Gasteiger charge is -2.01. The molecule has 6 nitrogen and oxygen atoms in total. The summed E-state index contributed by atoms with van der Waals surface area (Å²) >= 11 is 0. The molecule has 0 aliphatic heterocycles. The Bertz CT molecular complexity index is 1020. The molecule has 1 aromatic heterocycles. The molecule has 0 fully saturated rings. The second-order valence-corrected chi connectivity index (χ2v) is 5.06. The number of ketones is 1. The van der Waals surface area contributed by atoms with Gasteiger partial charge >= 0.3 is 0 Å². The van der Waals surface area contributed by atoms with Crippen molar-refractivity contribution in [3.8, 4) is 5.75 Å². The monoisotopic (exact) mass is 324 g/mol. The average molecular weight is 324 g/mol. The fourth-order valence-electron chi connectivity index (χ4n) is 2.15. The summed E-state index contributed by atoms with van der Waals surface area (Å²) in [5.41, 5.74) is -0.231. The van der Waals surface area contributed by atoms with E-state index in [4.69, 9.17) is 0 Å². The summed E-state index contributed by atoms with van der Waals surface area (Å²) < 4.78 is 0.730. The lowest BCUT2D eigenvalue weighted by molar-refractivity contribution is -0.113. The van der Waals surface area contributed by atoms with E-state index in [9.17, 15) is 19.5 Å². The van der Waals surface area contributed by atoms with Gasteiger partial charge in [-0.2, -0.15) is 4.68 Å². The van der Waals surface area contributed by atoms with E-state index in [2.05, 4.69) is 18.3 Å². The van der Waals surface area contributed by atoms with Crippen LogP contribution in [0.5, 0.6) is 5.75 Å². The summed E-state index contributed by atoms with van der Waals surface area (Å²) in [6.45, 7) is 8.38. The third kappa shape index (κ3) is 3.33. The van der Waals surface area contributed by atoms with Gasteiger partial charge < -0.3 is 5.11 Å². The molecule has 2 rings (SSSR count). The number of nitrogens with zero attached hydrogens (tertiary/aromatic N) is 1. The van der Waals surface area contributed by atoms with Crippen molar-refractivity contribution in [3.63, 3.8) is 0 Å². The predicted molar refractivity (Wildman–Crippen MR) is 91.1 cm³/mol. The molecule has 122 valence electrons. The van der Waals surface area contributed by atoms with Crippen LogP contribution in [0, 0.1) is 0 Å². The van der Waals surface area contributed by atoms with E-state index in [-0.39, 0.29) is 21.9 Å². The minimum absolute atomic E-state index is 0.0501. The highest BCUT2D eigenvalue weighted by atomic mass is 16.3. The number of benzene rings is 1. The number of Topliss-reactive ketones (excluding diaryl/α,β-unsaturated/α-hetero) is 1. The Balaban J connectivity index is 2.62. The number of aromatic amines is 1. The first-order valence-corrected chi connectivity index (χ1v) is 7.04. The number of H-pyrrole nitrogens is 1. The number of carbonyl (C=O) groups is 2. The zero-order valence-electron chi connectivity index (χ0n) is 13.1. The van der Waals surface area contributed by atoms with Crippen LogP contribution in [-0.2, 0) is 4.79 Å². The molecule has 0 amide bonds. The van der Waals surface area contributed by atoms with Crippen LogP contribution in [0.4, 0.5) is 0 Å². The Hall–Kier alpha value is -3.41. The summed E-state index contributed by atoms with van der Waals surface area (Å²) in [6.07, 6.45) is 4.04. The van der Waals surface area contributed by atoms with Crippen molar-refractivity contribution >= 4 is 24.3 Å². The van der Waals surface area contributed by atoms with E-state index in [1.54, 1.807) is 12.1 Å². The van der Waals surface area contributed by atoms with Gasteiger partial charge in [-0.15, -0.1) is 0 Å². The smallest absolute Gasteiger partial charge is 0.283 e. The van der Waals surface area contributed by atoms with E-state index in [1.165, 1.54) is 37.3 Å². The number of hydrogen-bond donors (Lipinski definition) is 2. The van der Waals surface area contributed by atoms with Gasteiger partial charge in [-0.25, -0.2) is 0 Å². The van der Waals surface area contributed by atoms with E-state index < -0.39 is 17.2 Å². The number of allylic oxidation sites excluding steroid dienone is 3. The quantitative estimate of drug-likeness (QED) is 0.370. The van der Waals surface area contributed by atoms with Crippen LogP contribution in [0.25, 0.3) is 12.7 Å². The van der Waals surface area contributed by atoms with Crippen LogP contribution >= 0.6 is 0 Å². The first-order valence-electron chi connectivity index (χ1n) is 7.04. The Kier molecular flexibility index (Phi) is 4.79. The second kappa shape index (κ2) is 6.78. The SMILES string of the molecule is C=CC=C(C(C)=O)C(=O)n1[nH]c(=C)c(=Cc2cccc(O)c2)c1=O. The van der Waals surface area contributed by atoms with Gasteiger partial charge in [0, 0.05) is 0 Å². The molecule has 0 saturated heterocycles. The molecular weight excluding hydrogens is 308 g/mol. The molecule has 0 bridgehead atoms. The minimum Gasteiger partial charge on any atom is -0.508 e. The molecule has 24 heavy (non-hydrogen) atoms. The van der Waals surface area contributed by atoms with Gasteiger partial charge in [0.15, 0.2) is 5.78 Å². The molecule has 2 aromatic rings. The maximum absolute atomic E-state index is 12.5. The average Bonchev–Trinajstić information content (AvgIpc) is 2.80. The fourth-order valence-corrected chi connectivity index (χ4v) is 2.15. The molecule has 0 aliphatic rings. The van der Waals surface area contributed by atoms with Gasteiger partial charge in [0.25, 0.3) is 11.5 Å². The molecule has 0 saturated carbocycles. The summed E-state index contributed by atoms with van der Waals surface area (Å²) in [7, 11) is 0. The predicted octanol–water partition coefficient (Wildman–Crippen LogP) is 0.463. The maximum atomic E-state index is 12.5. The largest absolute Gasteiger partial charge is 0.508 e. The van der Waals surface area contributed by atoms with E-state index in [0.29, 0.717) is 5.56 Å². The van der Waals surface area contributed by atoms with Crippen LogP contribution in [0.15, 0.2) is 53.4 Å². The van der Waals surface area contributed by atoms with Crippen molar-refractivity contribution in [1.82, 2.24) is 9.78 Å². The second-order valence-electron chi connectivity index (χ2n) is 5.06. The molecule has 1 heterocycles. The maximum Gasteiger partial charge on any atom is 0.283 e. The topological polar surface area (TPSA) is 92.2 Å². The molecule has 0 atom stereocenters. The number of phenolic OH excluding ortho intramolecular Hbond substituents is 1. The highest BCUT2D eigenvalue weighted by Gasteiger charge is 2.18. The van der Waals surface area contributed by atoms with Crippen molar-refractivity contribution in [2.75, 3.05) is 0 Å². The zero-order chi connectivity index (χ0) is 17.9. The van der Waals surface area contributed by atoms with Gasteiger partial charge in [0.1, 0.15) is 5.75 Å².